The van der Waals surface area contributed by atoms with Crippen LogP contribution in [0.1, 0.15) is 36.4 Å². The van der Waals surface area contributed by atoms with Gasteiger partial charge < -0.3 is 10.1 Å². The lowest BCUT2D eigenvalue weighted by atomic mass is 10.1. The molecule has 0 aliphatic carbocycles. The van der Waals surface area contributed by atoms with Crippen LogP contribution < -0.4 is 5.32 Å². The number of halogens is 2. The van der Waals surface area contributed by atoms with Gasteiger partial charge in [-0.25, -0.2) is 13.8 Å². The second-order valence-corrected chi connectivity index (χ2v) is 7.66. The normalized spacial score (nSPS) is 12.0. The Morgan fingerprint density at radius 2 is 2.00 bits per heavy atom. The molecule has 1 amide bonds. The summed E-state index contributed by atoms with van der Waals surface area (Å²) in [5, 5.41) is 3.47. The second kappa shape index (κ2) is 9.56. The highest BCUT2D eigenvalue weighted by Crippen LogP contribution is 2.22. The number of hydrogen-bond donors (Lipinski definition) is 1. The van der Waals surface area contributed by atoms with Gasteiger partial charge in [0.25, 0.3) is 5.91 Å². The Hall–Kier alpha value is -2.87. The fourth-order valence-electron chi connectivity index (χ4n) is 2.84. The van der Waals surface area contributed by atoms with E-state index in [2.05, 4.69) is 10.3 Å². The molecule has 0 unspecified atom stereocenters. The van der Waals surface area contributed by atoms with Crippen molar-refractivity contribution in [3.8, 4) is 0 Å². The van der Waals surface area contributed by atoms with Crippen molar-refractivity contribution in [2.75, 3.05) is 6.61 Å². The van der Waals surface area contributed by atoms with Gasteiger partial charge in [0.15, 0.2) is 6.61 Å². The molecule has 0 saturated carbocycles. The molecule has 0 bridgehead atoms. The number of nitrogens with zero attached hydrogens (tertiary/aromatic N) is 1. The van der Waals surface area contributed by atoms with Crippen LogP contribution >= 0.6 is 11.3 Å². The molecule has 1 N–H and O–H groups in total. The summed E-state index contributed by atoms with van der Waals surface area (Å²) >= 11 is 1.59. The minimum absolute atomic E-state index is 0.155. The van der Waals surface area contributed by atoms with Crippen LogP contribution in [0.5, 0.6) is 0 Å². The van der Waals surface area contributed by atoms with Gasteiger partial charge >= 0.3 is 5.97 Å². The molecule has 1 atom stereocenters. The third-order valence-electron chi connectivity index (χ3n) is 4.28. The molecule has 2 aromatic carbocycles. The molecule has 0 saturated heterocycles. The molecule has 0 aliphatic heterocycles. The number of esters is 1. The highest BCUT2D eigenvalue weighted by Gasteiger charge is 2.15. The van der Waals surface area contributed by atoms with E-state index in [0.717, 1.165) is 27.4 Å². The lowest BCUT2D eigenvalue weighted by Crippen LogP contribution is -2.31. The number of benzene rings is 2. The third-order valence-corrected chi connectivity index (χ3v) is 5.38. The average Bonchev–Trinajstić information content (AvgIpc) is 3.09. The van der Waals surface area contributed by atoms with Crippen LogP contribution in [0.25, 0.3) is 10.2 Å². The second-order valence-electron chi connectivity index (χ2n) is 6.54. The highest BCUT2D eigenvalue weighted by atomic mass is 32.1. The molecule has 5 nitrogen and oxygen atoms in total. The van der Waals surface area contributed by atoms with E-state index >= 15 is 0 Å². The summed E-state index contributed by atoms with van der Waals surface area (Å²) in [5.74, 6) is -2.48. The molecule has 0 radical (unpaired) electrons. The zero-order chi connectivity index (χ0) is 20.8. The number of aryl methyl sites for hydroxylation is 1. The van der Waals surface area contributed by atoms with Gasteiger partial charge in [0, 0.05) is 18.1 Å². The van der Waals surface area contributed by atoms with Gasteiger partial charge in [0.05, 0.1) is 21.3 Å². The maximum Gasteiger partial charge on any atom is 0.306 e. The number of para-hydroxylation sites is 1. The zero-order valence-electron chi connectivity index (χ0n) is 15.8. The molecule has 0 fully saturated rings. The van der Waals surface area contributed by atoms with E-state index in [1.54, 1.807) is 18.3 Å². The van der Waals surface area contributed by atoms with Crippen molar-refractivity contribution in [3.05, 3.63) is 64.7 Å². The maximum atomic E-state index is 13.7. The molecule has 1 heterocycles. The summed E-state index contributed by atoms with van der Waals surface area (Å²) < 4.78 is 32.8. The van der Waals surface area contributed by atoms with E-state index in [1.807, 2.05) is 24.3 Å². The van der Waals surface area contributed by atoms with Gasteiger partial charge in [-0.2, -0.15) is 0 Å². The predicted molar refractivity (Wildman–Crippen MR) is 106 cm³/mol. The van der Waals surface area contributed by atoms with Crippen molar-refractivity contribution in [1.29, 1.82) is 0 Å². The first-order valence-corrected chi connectivity index (χ1v) is 9.98. The number of aromatic nitrogens is 1. The lowest BCUT2D eigenvalue weighted by Gasteiger charge is -2.15. The SMILES string of the molecule is C[C@@H](NC(=O)COC(=O)CCCc1nc2ccccc2s1)c1ccc(F)cc1F. The molecule has 3 rings (SSSR count). The Balaban J connectivity index is 1.38. The standard InChI is InChI=1S/C21H20F2N2O3S/c1-13(15-10-9-14(22)11-16(15)23)24-19(26)12-28-21(27)8-4-7-20-25-17-5-2-3-6-18(17)29-20/h2-3,5-6,9-11,13H,4,7-8,12H2,1H3,(H,24,26)/t13-/m1/s1. The number of ether oxygens (including phenoxy) is 1. The van der Waals surface area contributed by atoms with Crippen molar-refractivity contribution in [2.45, 2.75) is 32.2 Å². The topological polar surface area (TPSA) is 68.3 Å². The number of amides is 1. The molecular formula is C21H20F2N2O3S. The minimum atomic E-state index is -0.746. The fourth-order valence-corrected chi connectivity index (χ4v) is 3.85. The van der Waals surface area contributed by atoms with Gasteiger partial charge in [0.1, 0.15) is 11.6 Å². The zero-order valence-corrected chi connectivity index (χ0v) is 16.6. The molecule has 0 spiro atoms. The van der Waals surface area contributed by atoms with E-state index in [4.69, 9.17) is 4.74 Å². The van der Waals surface area contributed by atoms with Crippen LogP contribution in [0, 0.1) is 11.6 Å². The predicted octanol–water partition coefficient (Wildman–Crippen LogP) is 4.32. The fraction of sp³-hybridized carbons (Fsp3) is 0.286. The lowest BCUT2D eigenvalue weighted by molar-refractivity contribution is -0.148. The molecule has 152 valence electrons. The molecule has 1 aromatic heterocycles. The van der Waals surface area contributed by atoms with Gasteiger partial charge in [-0.3, -0.25) is 9.59 Å². The summed E-state index contributed by atoms with van der Waals surface area (Å²) in [7, 11) is 0. The van der Waals surface area contributed by atoms with Crippen molar-refractivity contribution in [2.24, 2.45) is 0 Å². The molecular weight excluding hydrogens is 398 g/mol. The number of carbonyl (C=O) groups excluding carboxylic acids is 2. The average molecular weight is 418 g/mol. The number of thiazole rings is 1. The van der Waals surface area contributed by atoms with Crippen LogP contribution in [0.4, 0.5) is 8.78 Å². The summed E-state index contributed by atoms with van der Waals surface area (Å²) in [6.45, 7) is 1.11. The molecule has 0 aliphatic rings. The van der Waals surface area contributed by atoms with Gasteiger partial charge in [-0.05, 0) is 38.0 Å². The van der Waals surface area contributed by atoms with E-state index in [1.165, 1.54) is 6.07 Å². The molecule has 29 heavy (non-hydrogen) atoms. The maximum absolute atomic E-state index is 13.7. The Kier molecular flexibility index (Phi) is 6.87. The van der Waals surface area contributed by atoms with E-state index in [-0.39, 0.29) is 12.0 Å². The van der Waals surface area contributed by atoms with Gasteiger partial charge in [0.2, 0.25) is 0 Å². The van der Waals surface area contributed by atoms with Crippen LogP contribution in [-0.4, -0.2) is 23.5 Å². The Morgan fingerprint density at radius 1 is 1.21 bits per heavy atom. The molecule has 8 heteroatoms. The van der Waals surface area contributed by atoms with Crippen LogP contribution in [0.15, 0.2) is 42.5 Å². The Labute approximate surface area is 170 Å². The Morgan fingerprint density at radius 3 is 2.76 bits per heavy atom. The van der Waals surface area contributed by atoms with E-state index < -0.39 is 36.2 Å². The monoisotopic (exact) mass is 418 g/mol. The first-order chi connectivity index (χ1) is 13.9. The first-order valence-electron chi connectivity index (χ1n) is 9.17. The van der Waals surface area contributed by atoms with Gasteiger partial charge in [-0.15, -0.1) is 11.3 Å². The Bertz CT molecular complexity index is 989. The van der Waals surface area contributed by atoms with E-state index in [9.17, 15) is 18.4 Å². The third kappa shape index (κ3) is 5.80. The largest absolute Gasteiger partial charge is 0.456 e. The van der Waals surface area contributed by atoms with Crippen molar-refractivity contribution < 1.29 is 23.1 Å². The number of nitrogens with one attached hydrogen (secondary N) is 1. The van der Waals surface area contributed by atoms with Crippen molar-refractivity contribution in [3.63, 3.8) is 0 Å². The van der Waals surface area contributed by atoms with E-state index in [0.29, 0.717) is 12.8 Å². The first kappa shape index (κ1) is 20.9. The highest BCUT2D eigenvalue weighted by molar-refractivity contribution is 7.18. The smallest absolute Gasteiger partial charge is 0.306 e. The van der Waals surface area contributed by atoms with Crippen LogP contribution in [0.3, 0.4) is 0 Å². The van der Waals surface area contributed by atoms with Crippen LogP contribution in [-0.2, 0) is 20.7 Å². The number of carbonyl (C=O) groups is 2. The number of fused-ring (bicyclic) bond motifs is 1. The summed E-state index contributed by atoms with van der Waals surface area (Å²) in [6, 6.07) is 10.3. The minimum Gasteiger partial charge on any atom is -0.456 e. The number of hydrogen-bond acceptors (Lipinski definition) is 5. The molecule has 3 aromatic rings. The number of rotatable bonds is 8. The van der Waals surface area contributed by atoms with Gasteiger partial charge in [-0.1, -0.05) is 18.2 Å². The summed E-state index contributed by atoms with van der Waals surface area (Å²) in [4.78, 5) is 28.3. The summed E-state index contributed by atoms with van der Waals surface area (Å²) in [6.07, 6.45) is 1.39. The summed E-state index contributed by atoms with van der Waals surface area (Å²) in [5.41, 5.74) is 1.10. The quantitative estimate of drug-likeness (QED) is 0.554. The van der Waals surface area contributed by atoms with Crippen molar-refractivity contribution in [1.82, 2.24) is 10.3 Å². The van der Waals surface area contributed by atoms with Crippen molar-refractivity contribution >= 4 is 33.4 Å². The van der Waals surface area contributed by atoms with Crippen LogP contribution in [0.2, 0.25) is 0 Å².